The normalized spacial score (nSPS) is 34.5. The summed E-state index contributed by atoms with van der Waals surface area (Å²) >= 11 is 3.46. The van der Waals surface area contributed by atoms with Crippen molar-refractivity contribution >= 4 is 15.9 Å². The highest BCUT2D eigenvalue weighted by Gasteiger charge is 2.35. The molecular weight excluding hydrogens is 226 g/mol. The summed E-state index contributed by atoms with van der Waals surface area (Å²) in [5, 5.41) is 0. The topological polar surface area (TPSA) is 3.24 Å². The minimum atomic E-state index is 0.878. The molecule has 1 saturated heterocycles. The van der Waals surface area contributed by atoms with Gasteiger partial charge in [0, 0.05) is 17.1 Å². The third-order valence-corrected chi connectivity index (χ3v) is 3.75. The lowest BCUT2D eigenvalue weighted by Crippen LogP contribution is -2.35. The lowest BCUT2D eigenvalue weighted by Gasteiger charge is -2.31. The van der Waals surface area contributed by atoms with Gasteiger partial charge in [-0.15, -0.1) is 0 Å². The van der Waals surface area contributed by atoms with Crippen LogP contribution in [0.5, 0.6) is 0 Å². The van der Waals surface area contributed by atoms with Crippen molar-refractivity contribution in [3.63, 3.8) is 0 Å². The molecule has 0 spiro atoms. The first-order chi connectivity index (χ1) is 6.27. The Morgan fingerprint density at radius 2 is 2.08 bits per heavy atom. The first-order valence-electron chi connectivity index (χ1n) is 5.34. The van der Waals surface area contributed by atoms with Gasteiger partial charge in [0.05, 0.1) is 0 Å². The van der Waals surface area contributed by atoms with Gasteiger partial charge in [-0.1, -0.05) is 35.4 Å². The molecule has 0 amide bonds. The molecule has 1 aliphatic heterocycles. The smallest absolute Gasteiger partial charge is 0.0296 e. The molecule has 2 rings (SSSR count). The summed E-state index contributed by atoms with van der Waals surface area (Å²) < 4.78 is 1.14. The van der Waals surface area contributed by atoms with Gasteiger partial charge >= 0.3 is 0 Å². The van der Waals surface area contributed by atoms with E-state index in [1.165, 1.54) is 38.6 Å². The summed E-state index contributed by atoms with van der Waals surface area (Å²) in [6.07, 6.45) is 7.21. The third-order valence-electron chi connectivity index (χ3n) is 3.50. The van der Waals surface area contributed by atoms with E-state index in [4.69, 9.17) is 0 Å². The van der Waals surface area contributed by atoms with Crippen LogP contribution in [0.1, 0.15) is 32.1 Å². The van der Waals surface area contributed by atoms with E-state index in [1.807, 2.05) is 0 Å². The fraction of sp³-hybridized carbons (Fsp3) is 0.818. The van der Waals surface area contributed by atoms with E-state index in [-0.39, 0.29) is 0 Å². The van der Waals surface area contributed by atoms with Crippen molar-refractivity contribution in [3.8, 4) is 0 Å². The van der Waals surface area contributed by atoms with E-state index in [9.17, 15) is 0 Å². The van der Waals surface area contributed by atoms with E-state index in [1.54, 1.807) is 0 Å². The fourth-order valence-electron chi connectivity index (χ4n) is 2.92. The maximum atomic E-state index is 3.93. The van der Waals surface area contributed by atoms with Gasteiger partial charge in [-0.2, -0.15) is 0 Å². The van der Waals surface area contributed by atoms with Crippen LogP contribution < -0.4 is 0 Å². The Morgan fingerprint density at radius 3 is 2.85 bits per heavy atom. The van der Waals surface area contributed by atoms with Crippen LogP contribution in [0.4, 0.5) is 0 Å². The molecule has 2 fully saturated rings. The molecule has 0 aromatic carbocycles. The van der Waals surface area contributed by atoms with Crippen LogP contribution in [0, 0.1) is 5.92 Å². The molecular formula is C11H18BrN. The van der Waals surface area contributed by atoms with E-state index in [0.717, 1.165) is 23.0 Å². The molecule has 2 atom stereocenters. The zero-order chi connectivity index (χ0) is 9.26. The van der Waals surface area contributed by atoms with Crippen LogP contribution in [-0.4, -0.2) is 24.0 Å². The molecule has 13 heavy (non-hydrogen) atoms. The van der Waals surface area contributed by atoms with Crippen LogP contribution >= 0.6 is 15.9 Å². The minimum Gasteiger partial charge on any atom is -0.295 e. The van der Waals surface area contributed by atoms with Gasteiger partial charge in [-0.25, -0.2) is 0 Å². The summed E-state index contributed by atoms with van der Waals surface area (Å²) in [4.78, 5) is 2.61. The van der Waals surface area contributed by atoms with Gasteiger partial charge in [0.1, 0.15) is 0 Å². The molecule has 1 nitrogen and oxygen atoms in total. The van der Waals surface area contributed by atoms with Crippen LogP contribution in [0.15, 0.2) is 11.1 Å². The Balaban J connectivity index is 1.94. The number of halogens is 1. The van der Waals surface area contributed by atoms with E-state index < -0.39 is 0 Å². The molecule has 0 aromatic rings. The molecule has 1 aliphatic carbocycles. The minimum absolute atomic E-state index is 0.878. The van der Waals surface area contributed by atoms with Gasteiger partial charge in [0.25, 0.3) is 0 Å². The SMILES string of the molecule is C=C(Br)CN1CC[C@@H]2CCCC[C@@H]21. The fourth-order valence-corrected chi connectivity index (χ4v) is 3.24. The molecule has 0 unspecified atom stereocenters. The number of likely N-dealkylation sites (tertiary alicyclic amines) is 1. The van der Waals surface area contributed by atoms with Crippen molar-refractivity contribution in [2.75, 3.05) is 13.1 Å². The van der Waals surface area contributed by atoms with Gasteiger partial charge in [-0.05, 0) is 31.7 Å². The van der Waals surface area contributed by atoms with Gasteiger partial charge < -0.3 is 0 Å². The van der Waals surface area contributed by atoms with E-state index >= 15 is 0 Å². The summed E-state index contributed by atoms with van der Waals surface area (Å²) in [7, 11) is 0. The molecule has 1 heterocycles. The molecule has 0 aromatic heterocycles. The monoisotopic (exact) mass is 243 g/mol. The summed E-state index contributed by atoms with van der Waals surface area (Å²) in [5.74, 6) is 1.00. The highest BCUT2D eigenvalue weighted by atomic mass is 79.9. The average Bonchev–Trinajstić information content (AvgIpc) is 2.48. The predicted molar refractivity (Wildman–Crippen MR) is 60.0 cm³/mol. The standard InChI is InChI=1S/C11H18BrN/c1-9(12)8-13-7-6-10-4-2-3-5-11(10)13/h10-11H,1-8H2/t10-,11-/m0/s1. The van der Waals surface area contributed by atoms with Crippen LogP contribution in [0.2, 0.25) is 0 Å². The van der Waals surface area contributed by atoms with Crippen LogP contribution in [-0.2, 0) is 0 Å². The van der Waals surface area contributed by atoms with Gasteiger partial charge in [0.2, 0.25) is 0 Å². The molecule has 1 saturated carbocycles. The molecule has 2 heteroatoms. The maximum absolute atomic E-state index is 3.93. The lowest BCUT2D eigenvalue weighted by molar-refractivity contribution is 0.197. The second kappa shape index (κ2) is 4.14. The van der Waals surface area contributed by atoms with Gasteiger partial charge in [0.15, 0.2) is 0 Å². The van der Waals surface area contributed by atoms with E-state index in [2.05, 4.69) is 27.4 Å². The molecule has 2 aliphatic rings. The van der Waals surface area contributed by atoms with Crippen molar-refractivity contribution in [2.45, 2.75) is 38.1 Å². The first kappa shape index (κ1) is 9.72. The molecule has 74 valence electrons. The highest BCUT2D eigenvalue weighted by molar-refractivity contribution is 9.11. The lowest BCUT2D eigenvalue weighted by atomic mass is 9.85. The quantitative estimate of drug-likeness (QED) is 0.721. The Hall–Kier alpha value is 0.180. The number of hydrogen-bond acceptors (Lipinski definition) is 1. The molecule has 0 N–H and O–H groups in total. The average molecular weight is 244 g/mol. The number of fused-ring (bicyclic) bond motifs is 1. The second-order valence-corrected chi connectivity index (χ2v) is 5.51. The molecule has 0 bridgehead atoms. The Kier molecular flexibility index (Phi) is 3.10. The largest absolute Gasteiger partial charge is 0.295 e. The summed E-state index contributed by atoms with van der Waals surface area (Å²) in [6, 6.07) is 0.878. The Morgan fingerprint density at radius 1 is 1.31 bits per heavy atom. The summed E-state index contributed by atoms with van der Waals surface area (Å²) in [5.41, 5.74) is 0. The van der Waals surface area contributed by atoms with Crippen molar-refractivity contribution in [1.82, 2.24) is 4.90 Å². The number of hydrogen-bond donors (Lipinski definition) is 0. The van der Waals surface area contributed by atoms with Crippen molar-refractivity contribution in [2.24, 2.45) is 5.92 Å². The summed E-state index contributed by atoms with van der Waals surface area (Å²) in [6.45, 7) is 6.28. The first-order valence-corrected chi connectivity index (χ1v) is 6.14. The zero-order valence-corrected chi connectivity index (χ0v) is 9.72. The van der Waals surface area contributed by atoms with Crippen LogP contribution in [0.25, 0.3) is 0 Å². The molecule has 0 radical (unpaired) electrons. The van der Waals surface area contributed by atoms with Crippen LogP contribution in [0.3, 0.4) is 0 Å². The van der Waals surface area contributed by atoms with Crippen molar-refractivity contribution < 1.29 is 0 Å². The third kappa shape index (κ3) is 2.16. The Bertz CT molecular complexity index is 202. The maximum Gasteiger partial charge on any atom is 0.0296 e. The van der Waals surface area contributed by atoms with E-state index in [0.29, 0.717) is 0 Å². The predicted octanol–water partition coefficient (Wildman–Crippen LogP) is 3.16. The number of nitrogens with zero attached hydrogens (tertiary/aromatic N) is 1. The second-order valence-electron chi connectivity index (χ2n) is 4.39. The van der Waals surface area contributed by atoms with Crippen molar-refractivity contribution in [3.05, 3.63) is 11.1 Å². The Labute approximate surface area is 89.3 Å². The van der Waals surface area contributed by atoms with Crippen molar-refractivity contribution in [1.29, 1.82) is 0 Å². The zero-order valence-electron chi connectivity index (χ0n) is 8.14. The number of rotatable bonds is 2. The highest BCUT2D eigenvalue weighted by Crippen LogP contribution is 2.36. The van der Waals surface area contributed by atoms with Gasteiger partial charge in [-0.3, -0.25) is 4.90 Å².